The Hall–Kier alpha value is -0.710. The Bertz CT molecular complexity index is 473. The molecule has 1 fully saturated rings. The molecule has 1 aromatic rings. The molecule has 1 saturated heterocycles. The van der Waals surface area contributed by atoms with Crippen LogP contribution >= 0.6 is 11.3 Å². The molecule has 0 radical (unpaired) electrons. The number of hydrogen-bond donors (Lipinski definition) is 0. The highest BCUT2D eigenvalue weighted by Gasteiger charge is 2.37. The van der Waals surface area contributed by atoms with E-state index in [-0.39, 0.29) is 5.78 Å². The lowest BCUT2D eigenvalue weighted by molar-refractivity contribution is -0.00431. The summed E-state index contributed by atoms with van der Waals surface area (Å²) in [6.07, 6.45) is 1.95. The van der Waals surface area contributed by atoms with Crippen molar-refractivity contribution in [2.45, 2.75) is 46.1 Å². The molecule has 0 saturated carbocycles. The molecule has 0 atom stereocenters. The van der Waals surface area contributed by atoms with Gasteiger partial charge in [-0.15, -0.1) is 11.3 Å². The van der Waals surface area contributed by atoms with Crippen molar-refractivity contribution < 1.29 is 9.53 Å². The fraction of sp³-hybridized carbons (Fsp3) is 0.688. The van der Waals surface area contributed by atoms with Crippen LogP contribution in [0.1, 0.15) is 48.5 Å². The SMILES string of the molecule is CCc1scc(C(=O)C(C)(C)N2CCOCC2)c1CC. The van der Waals surface area contributed by atoms with Crippen molar-refractivity contribution >= 4 is 17.1 Å². The minimum absolute atomic E-state index is 0.257. The fourth-order valence-electron chi connectivity index (χ4n) is 2.89. The zero-order valence-corrected chi connectivity index (χ0v) is 13.8. The Balaban J connectivity index is 2.27. The van der Waals surface area contributed by atoms with E-state index in [9.17, 15) is 4.79 Å². The molecule has 0 N–H and O–H groups in total. The average molecular weight is 295 g/mol. The van der Waals surface area contributed by atoms with Crippen LogP contribution in [0.25, 0.3) is 0 Å². The number of ketones is 1. The van der Waals surface area contributed by atoms with Crippen LogP contribution in [0, 0.1) is 0 Å². The molecule has 0 amide bonds. The van der Waals surface area contributed by atoms with Gasteiger partial charge in [0.15, 0.2) is 5.78 Å². The Labute approximate surface area is 125 Å². The highest BCUT2D eigenvalue weighted by atomic mass is 32.1. The number of hydrogen-bond acceptors (Lipinski definition) is 4. The molecule has 0 bridgehead atoms. The summed E-state index contributed by atoms with van der Waals surface area (Å²) in [7, 11) is 0. The predicted octanol–water partition coefficient (Wildman–Crippen LogP) is 3.17. The summed E-state index contributed by atoms with van der Waals surface area (Å²) in [5.41, 5.74) is 1.74. The molecule has 3 nitrogen and oxygen atoms in total. The van der Waals surface area contributed by atoms with Gasteiger partial charge in [-0.05, 0) is 32.3 Å². The standard InChI is InChI=1S/C16H25NO2S/c1-5-12-13(11-20-14(12)6-2)15(18)16(3,4)17-7-9-19-10-8-17/h11H,5-10H2,1-4H3. The first-order chi connectivity index (χ1) is 9.52. The number of rotatable bonds is 5. The summed E-state index contributed by atoms with van der Waals surface area (Å²) >= 11 is 1.73. The number of nitrogens with zero attached hydrogens (tertiary/aromatic N) is 1. The molecule has 4 heteroatoms. The van der Waals surface area contributed by atoms with E-state index >= 15 is 0 Å². The van der Waals surface area contributed by atoms with Crippen LogP contribution in [0.4, 0.5) is 0 Å². The van der Waals surface area contributed by atoms with Crippen LogP contribution < -0.4 is 0 Å². The predicted molar refractivity (Wildman–Crippen MR) is 83.9 cm³/mol. The molecule has 2 rings (SSSR count). The molecule has 0 spiro atoms. The van der Waals surface area contributed by atoms with Crippen LogP contribution in [0.15, 0.2) is 5.38 Å². The van der Waals surface area contributed by atoms with Gasteiger partial charge in [0.05, 0.1) is 18.8 Å². The van der Waals surface area contributed by atoms with Gasteiger partial charge in [0.25, 0.3) is 0 Å². The molecule has 1 aromatic heterocycles. The number of Topliss-reactive ketones (excluding diaryl/α,β-unsaturated/α-hetero) is 1. The van der Waals surface area contributed by atoms with E-state index in [1.54, 1.807) is 11.3 Å². The molecule has 0 unspecified atom stereocenters. The molecule has 112 valence electrons. The molecule has 1 aliphatic rings. The van der Waals surface area contributed by atoms with Crippen molar-refractivity contribution in [2.75, 3.05) is 26.3 Å². The van der Waals surface area contributed by atoms with Gasteiger partial charge < -0.3 is 4.74 Å². The van der Waals surface area contributed by atoms with Gasteiger partial charge in [0.2, 0.25) is 0 Å². The van der Waals surface area contributed by atoms with Crippen molar-refractivity contribution in [3.63, 3.8) is 0 Å². The van der Waals surface area contributed by atoms with E-state index in [0.717, 1.165) is 44.7 Å². The van der Waals surface area contributed by atoms with Crippen molar-refractivity contribution in [3.8, 4) is 0 Å². The first-order valence-electron chi connectivity index (χ1n) is 7.49. The van der Waals surface area contributed by atoms with Gasteiger partial charge in [0, 0.05) is 28.9 Å². The first-order valence-corrected chi connectivity index (χ1v) is 8.37. The fourth-order valence-corrected chi connectivity index (χ4v) is 3.97. The summed E-state index contributed by atoms with van der Waals surface area (Å²) in [5.74, 6) is 0.257. The third-order valence-electron chi connectivity index (χ3n) is 4.26. The number of morpholine rings is 1. The maximum Gasteiger partial charge on any atom is 0.183 e. The van der Waals surface area contributed by atoms with E-state index in [4.69, 9.17) is 4.74 Å². The lowest BCUT2D eigenvalue weighted by atomic mass is 9.89. The molecular formula is C16H25NO2S. The van der Waals surface area contributed by atoms with E-state index in [1.165, 1.54) is 10.4 Å². The third kappa shape index (κ3) is 2.83. The maximum atomic E-state index is 13.0. The minimum Gasteiger partial charge on any atom is -0.379 e. The summed E-state index contributed by atoms with van der Waals surface area (Å²) in [6, 6.07) is 0. The lowest BCUT2D eigenvalue weighted by Gasteiger charge is -2.39. The molecule has 0 aliphatic carbocycles. The Morgan fingerprint density at radius 3 is 2.50 bits per heavy atom. The average Bonchev–Trinajstić information content (AvgIpc) is 2.89. The van der Waals surface area contributed by atoms with Crippen LogP contribution in [0.5, 0.6) is 0 Å². The molecule has 20 heavy (non-hydrogen) atoms. The number of carbonyl (C=O) groups excluding carboxylic acids is 1. The number of aryl methyl sites for hydroxylation is 1. The van der Waals surface area contributed by atoms with Gasteiger partial charge >= 0.3 is 0 Å². The van der Waals surface area contributed by atoms with Gasteiger partial charge in [-0.3, -0.25) is 9.69 Å². The normalized spacial score (nSPS) is 17.4. The number of ether oxygens (including phenoxy) is 1. The number of carbonyl (C=O) groups is 1. The van der Waals surface area contributed by atoms with E-state index < -0.39 is 5.54 Å². The van der Waals surface area contributed by atoms with Crippen LogP contribution in [-0.4, -0.2) is 42.5 Å². The van der Waals surface area contributed by atoms with Crippen LogP contribution in [0.3, 0.4) is 0 Å². The topological polar surface area (TPSA) is 29.5 Å². The van der Waals surface area contributed by atoms with E-state index in [0.29, 0.717) is 0 Å². The van der Waals surface area contributed by atoms with Gasteiger partial charge in [-0.1, -0.05) is 13.8 Å². The largest absolute Gasteiger partial charge is 0.379 e. The smallest absolute Gasteiger partial charge is 0.183 e. The molecule has 0 aromatic carbocycles. The summed E-state index contributed by atoms with van der Waals surface area (Å²) < 4.78 is 5.40. The Morgan fingerprint density at radius 1 is 1.30 bits per heavy atom. The second-order valence-corrected chi connectivity index (χ2v) is 6.71. The zero-order chi connectivity index (χ0) is 14.8. The molecule has 2 heterocycles. The minimum atomic E-state index is -0.445. The Kier molecular flexibility index (Phi) is 4.99. The zero-order valence-electron chi connectivity index (χ0n) is 13.0. The van der Waals surface area contributed by atoms with Crippen molar-refractivity contribution in [1.29, 1.82) is 0 Å². The van der Waals surface area contributed by atoms with Crippen LogP contribution in [0.2, 0.25) is 0 Å². The number of thiophene rings is 1. The van der Waals surface area contributed by atoms with Crippen LogP contribution in [-0.2, 0) is 17.6 Å². The summed E-state index contributed by atoms with van der Waals surface area (Å²) in [5, 5.41) is 2.06. The monoisotopic (exact) mass is 295 g/mol. The lowest BCUT2D eigenvalue weighted by Crippen LogP contribution is -2.54. The van der Waals surface area contributed by atoms with Gasteiger partial charge in [-0.2, -0.15) is 0 Å². The molecular weight excluding hydrogens is 270 g/mol. The first kappa shape index (κ1) is 15.7. The van der Waals surface area contributed by atoms with Crippen molar-refractivity contribution in [3.05, 3.63) is 21.4 Å². The Morgan fingerprint density at radius 2 is 1.95 bits per heavy atom. The van der Waals surface area contributed by atoms with E-state index in [1.807, 2.05) is 13.8 Å². The summed E-state index contributed by atoms with van der Waals surface area (Å²) in [4.78, 5) is 16.6. The second kappa shape index (κ2) is 6.37. The maximum absolute atomic E-state index is 13.0. The highest BCUT2D eigenvalue weighted by molar-refractivity contribution is 7.10. The quantitative estimate of drug-likeness (QED) is 0.782. The van der Waals surface area contributed by atoms with Crippen molar-refractivity contribution in [1.82, 2.24) is 4.90 Å². The second-order valence-electron chi connectivity index (χ2n) is 5.75. The third-order valence-corrected chi connectivity index (χ3v) is 5.43. The van der Waals surface area contributed by atoms with Crippen molar-refractivity contribution in [2.24, 2.45) is 0 Å². The summed E-state index contributed by atoms with van der Waals surface area (Å²) in [6.45, 7) is 11.5. The van der Waals surface area contributed by atoms with Gasteiger partial charge in [0.1, 0.15) is 0 Å². The van der Waals surface area contributed by atoms with E-state index in [2.05, 4.69) is 24.1 Å². The van der Waals surface area contributed by atoms with Gasteiger partial charge in [-0.25, -0.2) is 0 Å². The highest BCUT2D eigenvalue weighted by Crippen LogP contribution is 2.29. The molecule has 1 aliphatic heterocycles.